The van der Waals surface area contributed by atoms with Crippen molar-refractivity contribution in [2.24, 2.45) is 0 Å². The molecular weight excluding hydrogens is 268 g/mol. The van der Waals surface area contributed by atoms with Gasteiger partial charge in [0.05, 0.1) is 12.2 Å². The number of nitrogens with zero attached hydrogens (tertiary/aromatic N) is 2. The summed E-state index contributed by atoms with van der Waals surface area (Å²) in [6, 6.07) is 9.34. The molecule has 2 aromatic rings. The predicted molar refractivity (Wildman–Crippen MR) is 80.3 cm³/mol. The molecule has 110 valence electrons. The van der Waals surface area contributed by atoms with E-state index in [1.807, 2.05) is 42.8 Å². The molecule has 1 N–H and O–H groups in total. The van der Waals surface area contributed by atoms with Crippen molar-refractivity contribution < 1.29 is 14.6 Å². The average molecular weight is 286 g/mol. The van der Waals surface area contributed by atoms with E-state index in [-0.39, 0.29) is 0 Å². The summed E-state index contributed by atoms with van der Waals surface area (Å²) < 4.78 is 7.59. The lowest BCUT2D eigenvalue weighted by Gasteiger charge is -2.08. The highest BCUT2D eigenvalue weighted by atomic mass is 16.5. The minimum absolute atomic E-state index is 0.508. The Kier molecular flexibility index (Phi) is 4.77. The van der Waals surface area contributed by atoms with Crippen LogP contribution in [0.5, 0.6) is 5.75 Å². The zero-order valence-electron chi connectivity index (χ0n) is 12.1. The molecule has 2 rings (SSSR count). The van der Waals surface area contributed by atoms with Crippen LogP contribution in [0.25, 0.3) is 6.08 Å². The maximum atomic E-state index is 10.5. The van der Waals surface area contributed by atoms with E-state index in [4.69, 9.17) is 9.84 Å². The number of aromatic nitrogens is 2. The molecule has 0 saturated carbocycles. The lowest BCUT2D eigenvalue weighted by atomic mass is 10.2. The molecular formula is C16H18N2O3. The van der Waals surface area contributed by atoms with Gasteiger partial charge < -0.3 is 9.84 Å². The Morgan fingerprint density at radius 2 is 2.19 bits per heavy atom. The van der Waals surface area contributed by atoms with Crippen molar-refractivity contribution in [3.05, 3.63) is 53.4 Å². The number of rotatable bonds is 6. The van der Waals surface area contributed by atoms with Crippen LogP contribution in [0, 0.1) is 13.8 Å². The summed E-state index contributed by atoms with van der Waals surface area (Å²) in [6.45, 7) is 5.16. The first kappa shape index (κ1) is 14.8. The number of ether oxygens (including phenoxy) is 1. The lowest BCUT2D eigenvalue weighted by Crippen LogP contribution is -2.10. The fraction of sp³-hybridized carbons (Fsp3) is 0.250. The number of carboxylic acid groups (broad SMARTS) is 1. The second-order valence-electron chi connectivity index (χ2n) is 4.74. The normalized spacial score (nSPS) is 11.0. The number of hydrogen-bond acceptors (Lipinski definition) is 3. The Morgan fingerprint density at radius 1 is 1.38 bits per heavy atom. The fourth-order valence-corrected chi connectivity index (χ4v) is 2.03. The van der Waals surface area contributed by atoms with Crippen LogP contribution in [0.4, 0.5) is 0 Å². The first-order chi connectivity index (χ1) is 10.0. The molecule has 5 nitrogen and oxygen atoms in total. The van der Waals surface area contributed by atoms with E-state index in [0.717, 1.165) is 23.0 Å². The van der Waals surface area contributed by atoms with Crippen LogP contribution in [0.1, 0.15) is 17.0 Å². The molecule has 0 unspecified atom stereocenters. The molecule has 0 atom stereocenters. The third-order valence-electron chi connectivity index (χ3n) is 2.95. The van der Waals surface area contributed by atoms with E-state index in [1.54, 1.807) is 6.07 Å². The zero-order chi connectivity index (χ0) is 15.2. The van der Waals surface area contributed by atoms with Crippen molar-refractivity contribution in [3.63, 3.8) is 0 Å². The summed E-state index contributed by atoms with van der Waals surface area (Å²) in [5, 5.41) is 13.0. The predicted octanol–water partition coefficient (Wildman–Crippen LogP) is 2.68. The SMILES string of the molecule is Cc1cc(C)n(CCOc2cccc(C=CC(=O)O)c2)n1. The molecule has 0 aliphatic rings. The number of carboxylic acids is 1. The molecule has 1 aromatic heterocycles. The minimum Gasteiger partial charge on any atom is -0.492 e. The van der Waals surface area contributed by atoms with Crippen LogP contribution < -0.4 is 4.74 Å². The molecule has 0 aliphatic heterocycles. The van der Waals surface area contributed by atoms with Crippen LogP contribution in [-0.2, 0) is 11.3 Å². The standard InChI is InChI=1S/C16H18N2O3/c1-12-10-13(2)18(17-12)8-9-21-15-5-3-4-14(11-15)6-7-16(19)20/h3-7,10-11H,8-9H2,1-2H3,(H,19,20). The van der Waals surface area contributed by atoms with Gasteiger partial charge in [0.1, 0.15) is 12.4 Å². The molecule has 0 saturated heterocycles. The van der Waals surface area contributed by atoms with Crippen molar-refractivity contribution >= 4 is 12.0 Å². The van der Waals surface area contributed by atoms with Gasteiger partial charge in [-0.3, -0.25) is 4.68 Å². The zero-order valence-corrected chi connectivity index (χ0v) is 12.1. The number of carbonyl (C=O) groups is 1. The molecule has 0 bridgehead atoms. The van der Waals surface area contributed by atoms with Gasteiger partial charge >= 0.3 is 5.97 Å². The summed E-state index contributed by atoms with van der Waals surface area (Å²) >= 11 is 0. The Labute approximate surface area is 123 Å². The Hall–Kier alpha value is -2.56. The molecule has 5 heteroatoms. The summed E-state index contributed by atoms with van der Waals surface area (Å²) in [7, 11) is 0. The van der Waals surface area contributed by atoms with Crippen molar-refractivity contribution in [2.45, 2.75) is 20.4 Å². The number of benzene rings is 1. The van der Waals surface area contributed by atoms with Gasteiger partial charge in [-0.05, 0) is 43.7 Å². The Balaban J connectivity index is 1.93. The van der Waals surface area contributed by atoms with Crippen LogP contribution in [0.2, 0.25) is 0 Å². The van der Waals surface area contributed by atoms with Gasteiger partial charge in [-0.25, -0.2) is 4.79 Å². The molecule has 1 heterocycles. The van der Waals surface area contributed by atoms with Crippen molar-refractivity contribution in [3.8, 4) is 5.75 Å². The highest BCUT2D eigenvalue weighted by Crippen LogP contribution is 2.14. The Bertz CT molecular complexity index is 659. The number of hydrogen-bond donors (Lipinski definition) is 1. The van der Waals surface area contributed by atoms with Crippen molar-refractivity contribution in [2.75, 3.05) is 6.61 Å². The maximum absolute atomic E-state index is 10.5. The molecule has 0 aliphatic carbocycles. The first-order valence-electron chi connectivity index (χ1n) is 6.69. The second kappa shape index (κ2) is 6.74. The molecule has 0 fully saturated rings. The molecule has 21 heavy (non-hydrogen) atoms. The second-order valence-corrected chi connectivity index (χ2v) is 4.74. The van der Waals surface area contributed by atoms with Crippen molar-refractivity contribution in [1.29, 1.82) is 0 Å². The van der Waals surface area contributed by atoms with E-state index in [1.165, 1.54) is 6.08 Å². The van der Waals surface area contributed by atoms with E-state index in [2.05, 4.69) is 5.10 Å². The van der Waals surface area contributed by atoms with E-state index >= 15 is 0 Å². The Morgan fingerprint density at radius 3 is 2.86 bits per heavy atom. The van der Waals surface area contributed by atoms with Gasteiger partial charge in [0.2, 0.25) is 0 Å². The average Bonchev–Trinajstić information content (AvgIpc) is 2.75. The molecule has 0 amide bonds. The smallest absolute Gasteiger partial charge is 0.328 e. The summed E-state index contributed by atoms with van der Waals surface area (Å²) in [5.74, 6) is -0.255. The van der Waals surface area contributed by atoms with Crippen molar-refractivity contribution in [1.82, 2.24) is 9.78 Å². The molecule has 0 radical (unpaired) electrons. The molecule has 0 spiro atoms. The number of aryl methyl sites for hydroxylation is 2. The summed E-state index contributed by atoms with van der Waals surface area (Å²) in [4.78, 5) is 10.5. The minimum atomic E-state index is -0.967. The largest absolute Gasteiger partial charge is 0.492 e. The first-order valence-corrected chi connectivity index (χ1v) is 6.69. The van der Waals surface area contributed by atoms with Crippen LogP contribution in [-0.4, -0.2) is 27.5 Å². The fourth-order valence-electron chi connectivity index (χ4n) is 2.03. The van der Waals surface area contributed by atoms with Gasteiger partial charge in [0, 0.05) is 11.8 Å². The third kappa shape index (κ3) is 4.49. The van der Waals surface area contributed by atoms with Gasteiger partial charge in [-0.2, -0.15) is 5.10 Å². The quantitative estimate of drug-likeness (QED) is 0.829. The van der Waals surface area contributed by atoms with Crippen LogP contribution >= 0.6 is 0 Å². The van der Waals surface area contributed by atoms with E-state index in [0.29, 0.717) is 18.9 Å². The van der Waals surface area contributed by atoms with Gasteiger partial charge in [-0.1, -0.05) is 12.1 Å². The third-order valence-corrected chi connectivity index (χ3v) is 2.95. The number of aliphatic carboxylic acids is 1. The summed E-state index contributed by atoms with van der Waals surface area (Å²) in [5.41, 5.74) is 2.89. The van der Waals surface area contributed by atoms with Gasteiger partial charge in [0.25, 0.3) is 0 Å². The highest BCUT2D eigenvalue weighted by Gasteiger charge is 2.01. The van der Waals surface area contributed by atoms with Crippen LogP contribution in [0.3, 0.4) is 0 Å². The maximum Gasteiger partial charge on any atom is 0.328 e. The summed E-state index contributed by atoms with van der Waals surface area (Å²) in [6.07, 6.45) is 2.64. The topological polar surface area (TPSA) is 64.3 Å². The van der Waals surface area contributed by atoms with Gasteiger partial charge in [-0.15, -0.1) is 0 Å². The monoisotopic (exact) mass is 286 g/mol. The van der Waals surface area contributed by atoms with E-state index < -0.39 is 5.97 Å². The highest BCUT2D eigenvalue weighted by molar-refractivity contribution is 5.85. The molecule has 1 aromatic carbocycles. The van der Waals surface area contributed by atoms with Crippen LogP contribution in [0.15, 0.2) is 36.4 Å². The van der Waals surface area contributed by atoms with Gasteiger partial charge in [0.15, 0.2) is 0 Å². The lowest BCUT2D eigenvalue weighted by molar-refractivity contribution is -0.131. The van der Waals surface area contributed by atoms with E-state index in [9.17, 15) is 4.79 Å².